The average Bonchev–Trinajstić information content (AvgIpc) is 3.63. The highest BCUT2D eigenvalue weighted by atomic mass is 15.0. The number of aromatic nitrogens is 4. The molecule has 4 nitrogen and oxygen atoms in total. The van der Waals surface area contributed by atoms with Crippen LogP contribution in [-0.2, 0) is 5.41 Å². The summed E-state index contributed by atoms with van der Waals surface area (Å²) in [5, 5.41) is 2.59. The molecule has 8 aromatic carbocycles. The van der Waals surface area contributed by atoms with E-state index < -0.39 is 0 Å². The molecule has 58 heavy (non-hydrogen) atoms. The van der Waals surface area contributed by atoms with Crippen LogP contribution < -0.4 is 0 Å². The molecule has 0 aliphatic carbocycles. The van der Waals surface area contributed by atoms with E-state index in [0.717, 1.165) is 27.8 Å². The van der Waals surface area contributed by atoms with E-state index in [4.69, 9.17) is 15.0 Å². The van der Waals surface area contributed by atoms with Crippen LogP contribution in [-0.4, -0.2) is 19.5 Å². The van der Waals surface area contributed by atoms with Gasteiger partial charge in [0.25, 0.3) is 0 Å². The van der Waals surface area contributed by atoms with E-state index >= 15 is 0 Å². The van der Waals surface area contributed by atoms with Gasteiger partial charge in [-0.2, -0.15) is 0 Å². The molecule has 10 aromatic rings. The molecule has 0 radical (unpaired) electrons. The van der Waals surface area contributed by atoms with Crippen LogP contribution in [0.15, 0.2) is 194 Å². The van der Waals surface area contributed by atoms with Crippen LogP contribution in [0, 0.1) is 0 Å². The summed E-state index contributed by atoms with van der Waals surface area (Å²) in [5.74, 6) is 1.96. The lowest BCUT2D eigenvalue weighted by atomic mass is 9.74. The number of hydrogen-bond donors (Lipinski definition) is 0. The second-order valence-electron chi connectivity index (χ2n) is 15.7. The van der Waals surface area contributed by atoms with Crippen LogP contribution in [0.1, 0.15) is 25.0 Å². The van der Waals surface area contributed by atoms with Crippen molar-refractivity contribution in [3.63, 3.8) is 0 Å². The number of para-hydroxylation sites is 2. The van der Waals surface area contributed by atoms with E-state index in [1.54, 1.807) is 0 Å². The third kappa shape index (κ3) is 5.56. The van der Waals surface area contributed by atoms with E-state index in [1.807, 2.05) is 60.7 Å². The molecule has 3 heterocycles. The highest BCUT2D eigenvalue weighted by molar-refractivity contribution is 6.13. The van der Waals surface area contributed by atoms with E-state index in [0.29, 0.717) is 17.5 Å². The molecule has 0 amide bonds. The van der Waals surface area contributed by atoms with Gasteiger partial charge in [0.05, 0.1) is 16.7 Å². The fourth-order valence-corrected chi connectivity index (χ4v) is 8.82. The third-order valence-electron chi connectivity index (χ3n) is 11.9. The Morgan fingerprint density at radius 2 is 0.810 bits per heavy atom. The first-order chi connectivity index (χ1) is 28.5. The fraction of sp³-hybridized carbons (Fsp3) is 0.0556. The molecule has 0 spiro atoms. The Morgan fingerprint density at radius 1 is 0.345 bits per heavy atom. The largest absolute Gasteiger partial charge is 0.309 e. The first kappa shape index (κ1) is 33.9. The normalized spacial score (nSPS) is 12.8. The molecule has 0 saturated heterocycles. The van der Waals surface area contributed by atoms with Gasteiger partial charge in [-0.1, -0.05) is 178 Å². The molecule has 0 saturated carbocycles. The lowest BCUT2D eigenvalue weighted by molar-refractivity contribution is 0.630. The summed E-state index contributed by atoms with van der Waals surface area (Å²) in [5.41, 5.74) is 16.4. The first-order valence-electron chi connectivity index (χ1n) is 19.9. The van der Waals surface area contributed by atoms with Crippen molar-refractivity contribution in [2.24, 2.45) is 0 Å². The quantitative estimate of drug-likeness (QED) is 0.170. The van der Waals surface area contributed by atoms with Gasteiger partial charge in [-0.05, 0) is 74.8 Å². The number of nitrogens with zero attached hydrogens (tertiary/aromatic N) is 4. The van der Waals surface area contributed by atoms with Crippen molar-refractivity contribution in [3.8, 4) is 73.2 Å². The van der Waals surface area contributed by atoms with Gasteiger partial charge >= 0.3 is 0 Å². The number of benzene rings is 8. The van der Waals surface area contributed by atoms with Crippen LogP contribution >= 0.6 is 0 Å². The zero-order valence-corrected chi connectivity index (χ0v) is 32.3. The Bertz CT molecular complexity index is 3100. The van der Waals surface area contributed by atoms with E-state index in [-0.39, 0.29) is 5.41 Å². The van der Waals surface area contributed by atoms with E-state index in [1.165, 1.54) is 60.9 Å². The molecule has 0 N–H and O–H groups in total. The van der Waals surface area contributed by atoms with E-state index in [9.17, 15) is 0 Å². The van der Waals surface area contributed by atoms with Crippen LogP contribution in [0.2, 0.25) is 0 Å². The van der Waals surface area contributed by atoms with E-state index in [2.05, 4.69) is 152 Å². The topological polar surface area (TPSA) is 43.6 Å². The fourth-order valence-electron chi connectivity index (χ4n) is 8.82. The van der Waals surface area contributed by atoms with Gasteiger partial charge in [-0.15, -0.1) is 0 Å². The summed E-state index contributed by atoms with van der Waals surface area (Å²) >= 11 is 0. The smallest absolute Gasteiger partial charge is 0.164 e. The second kappa shape index (κ2) is 13.4. The Hall–Kier alpha value is -7.43. The molecule has 2 aromatic heterocycles. The molecule has 0 atom stereocenters. The molecular formula is C54H38N4. The molecule has 11 rings (SSSR count). The molecule has 0 fully saturated rings. The number of rotatable bonds is 6. The highest BCUT2D eigenvalue weighted by Gasteiger charge is 2.35. The second-order valence-corrected chi connectivity index (χ2v) is 15.7. The monoisotopic (exact) mass is 742 g/mol. The standard InChI is InChI=1S/C54H38N4/c1-54(2)46-21-10-12-23-49(46)58-48-22-11-9-20-44(48)45-33-43(34-47(54)50(45)58)37-26-24-35(25-27-37)41-18-13-19-42(32-41)36-28-30-40(31-29-36)53-56-51(38-14-5-3-6-15-38)55-52(57-53)39-16-7-4-8-17-39/h3-34H,1-2H3. The number of fused-ring (bicyclic) bond motifs is 5. The summed E-state index contributed by atoms with van der Waals surface area (Å²) in [6.07, 6.45) is 0. The van der Waals surface area contributed by atoms with Gasteiger partial charge in [0, 0.05) is 32.9 Å². The minimum absolute atomic E-state index is 0.144. The Morgan fingerprint density at radius 3 is 1.41 bits per heavy atom. The maximum Gasteiger partial charge on any atom is 0.164 e. The van der Waals surface area contributed by atoms with Gasteiger partial charge < -0.3 is 4.57 Å². The van der Waals surface area contributed by atoms with Crippen molar-refractivity contribution in [2.75, 3.05) is 0 Å². The van der Waals surface area contributed by atoms with Crippen LogP contribution in [0.4, 0.5) is 0 Å². The minimum atomic E-state index is -0.144. The zero-order valence-electron chi connectivity index (χ0n) is 32.3. The molecule has 274 valence electrons. The molecule has 0 bridgehead atoms. The van der Waals surface area contributed by atoms with Crippen molar-refractivity contribution < 1.29 is 0 Å². The van der Waals surface area contributed by atoms with Gasteiger partial charge in [-0.3, -0.25) is 0 Å². The first-order valence-corrected chi connectivity index (χ1v) is 19.9. The number of hydrogen-bond acceptors (Lipinski definition) is 3. The van der Waals surface area contributed by atoms with Gasteiger partial charge in [0.2, 0.25) is 0 Å². The summed E-state index contributed by atoms with van der Waals surface area (Å²) < 4.78 is 2.48. The minimum Gasteiger partial charge on any atom is -0.309 e. The average molecular weight is 743 g/mol. The van der Waals surface area contributed by atoms with Crippen molar-refractivity contribution >= 4 is 21.8 Å². The molecule has 0 unspecified atom stereocenters. The van der Waals surface area contributed by atoms with Crippen molar-refractivity contribution in [2.45, 2.75) is 19.3 Å². The highest BCUT2D eigenvalue weighted by Crippen LogP contribution is 2.49. The Labute approximate surface area is 337 Å². The molecular weight excluding hydrogens is 705 g/mol. The Kier molecular flexibility index (Phi) is 7.80. The van der Waals surface area contributed by atoms with Crippen LogP contribution in [0.5, 0.6) is 0 Å². The van der Waals surface area contributed by atoms with Crippen LogP contribution in [0.25, 0.3) is 95.0 Å². The van der Waals surface area contributed by atoms with Crippen molar-refractivity contribution in [1.29, 1.82) is 0 Å². The predicted octanol–water partition coefficient (Wildman–Crippen LogP) is 13.6. The summed E-state index contributed by atoms with van der Waals surface area (Å²) in [6.45, 7) is 4.73. The lowest BCUT2D eigenvalue weighted by Gasteiger charge is -2.35. The molecule has 1 aliphatic rings. The Balaban J connectivity index is 0.918. The molecule has 1 aliphatic heterocycles. The summed E-state index contributed by atoms with van der Waals surface area (Å²) in [4.78, 5) is 14.7. The maximum absolute atomic E-state index is 4.92. The summed E-state index contributed by atoms with van der Waals surface area (Å²) in [6, 6.07) is 69.1. The van der Waals surface area contributed by atoms with Crippen molar-refractivity contribution in [1.82, 2.24) is 19.5 Å². The summed E-state index contributed by atoms with van der Waals surface area (Å²) in [7, 11) is 0. The maximum atomic E-state index is 4.92. The third-order valence-corrected chi connectivity index (χ3v) is 11.9. The molecule has 4 heteroatoms. The zero-order chi connectivity index (χ0) is 38.8. The van der Waals surface area contributed by atoms with Crippen LogP contribution in [0.3, 0.4) is 0 Å². The predicted molar refractivity (Wildman–Crippen MR) is 239 cm³/mol. The van der Waals surface area contributed by atoms with Gasteiger partial charge in [0.15, 0.2) is 17.5 Å². The van der Waals surface area contributed by atoms with Gasteiger partial charge in [-0.25, -0.2) is 15.0 Å². The van der Waals surface area contributed by atoms with Gasteiger partial charge in [0.1, 0.15) is 0 Å². The lowest BCUT2D eigenvalue weighted by Crippen LogP contribution is -2.26. The SMILES string of the molecule is CC1(C)c2ccccc2-n2c3ccccc3c3cc(-c4ccc(-c5cccc(-c6ccc(-c7nc(-c8ccccc8)nc(-c8ccccc8)n7)cc6)c5)cc4)cc1c32. The van der Waals surface area contributed by atoms with Crippen molar-refractivity contribution in [3.05, 3.63) is 205 Å².